The maximum Gasteiger partial charge on any atom is 0.306 e. The molecule has 0 atom stereocenters. The standard InChI is InChI=1S/C30H54N4O4/c1-25(2)26(3,4)32-29(31-25)17-13-21(14-18-29)37-23(35)11-9-10-12-24(36)38-22-15-19-30(20-16-22)33-27(5,6)28(7,8)34-30/h21-22,31-34H,9-20H2,1-8H3. The van der Waals surface area contributed by atoms with E-state index in [4.69, 9.17) is 9.47 Å². The van der Waals surface area contributed by atoms with Gasteiger partial charge in [0.15, 0.2) is 0 Å². The van der Waals surface area contributed by atoms with Gasteiger partial charge in [0, 0.05) is 35.0 Å². The van der Waals surface area contributed by atoms with Gasteiger partial charge in [0.25, 0.3) is 0 Å². The predicted molar refractivity (Wildman–Crippen MR) is 149 cm³/mol. The zero-order valence-corrected chi connectivity index (χ0v) is 25.3. The highest BCUT2D eigenvalue weighted by Gasteiger charge is 2.55. The number of carbonyl (C=O) groups excluding carboxylic acids is 2. The monoisotopic (exact) mass is 534 g/mol. The number of rotatable bonds is 7. The molecule has 38 heavy (non-hydrogen) atoms. The van der Waals surface area contributed by atoms with E-state index in [2.05, 4.69) is 76.7 Å². The summed E-state index contributed by atoms with van der Waals surface area (Å²) in [6, 6.07) is 0. The van der Waals surface area contributed by atoms with Crippen molar-refractivity contribution in [1.29, 1.82) is 0 Å². The van der Waals surface area contributed by atoms with Gasteiger partial charge in [-0.1, -0.05) is 0 Å². The van der Waals surface area contributed by atoms with Crippen LogP contribution in [0.1, 0.15) is 132 Å². The van der Waals surface area contributed by atoms with E-state index in [1.807, 2.05) is 0 Å². The van der Waals surface area contributed by atoms with E-state index < -0.39 is 0 Å². The lowest BCUT2D eigenvalue weighted by Gasteiger charge is -2.38. The Bertz CT molecular complexity index is 773. The molecule has 2 heterocycles. The lowest BCUT2D eigenvalue weighted by Crippen LogP contribution is -2.55. The molecule has 0 aromatic rings. The molecule has 0 radical (unpaired) electrons. The predicted octanol–water partition coefficient (Wildman–Crippen LogP) is 4.41. The number of esters is 2. The van der Waals surface area contributed by atoms with Gasteiger partial charge in [0.2, 0.25) is 0 Å². The van der Waals surface area contributed by atoms with Crippen LogP contribution in [0, 0.1) is 0 Å². The van der Waals surface area contributed by atoms with Crippen LogP contribution >= 0.6 is 0 Å². The Morgan fingerprint density at radius 2 is 0.816 bits per heavy atom. The number of hydrogen-bond acceptors (Lipinski definition) is 8. The number of nitrogens with one attached hydrogen (secondary N) is 4. The third-order valence-corrected chi connectivity index (χ3v) is 10.5. The summed E-state index contributed by atoms with van der Waals surface area (Å²) in [4.78, 5) is 24.8. The van der Waals surface area contributed by atoms with Gasteiger partial charge in [-0.05, 0) is 120 Å². The molecule has 4 rings (SSSR count). The van der Waals surface area contributed by atoms with Gasteiger partial charge in [-0.25, -0.2) is 0 Å². The fourth-order valence-corrected chi connectivity index (χ4v) is 7.01. The number of unbranched alkanes of at least 4 members (excludes halogenated alkanes) is 1. The first-order valence-electron chi connectivity index (χ1n) is 15.0. The van der Waals surface area contributed by atoms with Crippen LogP contribution in [-0.2, 0) is 19.1 Å². The molecule has 218 valence electrons. The van der Waals surface area contributed by atoms with Crippen molar-refractivity contribution in [3.8, 4) is 0 Å². The van der Waals surface area contributed by atoms with E-state index in [0.717, 1.165) is 51.4 Å². The molecule has 0 aromatic heterocycles. The Hall–Kier alpha value is -1.22. The minimum Gasteiger partial charge on any atom is -0.462 e. The first kappa shape index (κ1) is 29.8. The van der Waals surface area contributed by atoms with Gasteiger partial charge in [-0.15, -0.1) is 0 Å². The lowest BCUT2D eigenvalue weighted by molar-refractivity contribution is -0.153. The van der Waals surface area contributed by atoms with Crippen LogP contribution in [0.25, 0.3) is 0 Å². The Labute approximate surface area is 230 Å². The van der Waals surface area contributed by atoms with Crippen molar-refractivity contribution < 1.29 is 19.1 Å². The Balaban J connectivity index is 1.08. The van der Waals surface area contributed by atoms with Crippen molar-refractivity contribution in [2.45, 2.75) is 178 Å². The average molecular weight is 535 g/mol. The molecule has 4 N–H and O–H groups in total. The van der Waals surface area contributed by atoms with Crippen LogP contribution in [0.15, 0.2) is 0 Å². The lowest BCUT2D eigenvalue weighted by atomic mass is 9.85. The fourth-order valence-electron chi connectivity index (χ4n) is 7.01. The van der Waals surface area contributed by atoms with Crippen LogP contribution in [0.5, 0.6) is 0 Å². The normalized spacial score (nSPS) is 30.4. The smallest absolute Gasteiger partial charge is 0.306 e. The first-order valence-corrected chi connectivity index (χ1v) is 15.0. The summed E-state index contributed by atoms with van der Waals surface area (Å²) < 4.78 is 11.6. The third kappa shape index (κ3) is 6.24. The molecule has 4 fully saturated rings. The highest BCUT2D eigenvalue weighted by molar-refractivity contribution is 5.70. The molecule has 8 nitrogen and oxygen atoms in total. The molecule has 2 spiro atoms. The van der Waals surface area contributed by atoms with Crippen molar-refractivity contribution in [3.05, 3.63) is 0 Å². The average Bonchev–Trinajstić information content (AvgIpc) is 3.08. The highest BCUT2D eigenvalue weighted by atomic mass is 16.5. The molecule has 0 bridgehead atoms. The highest BCUT2D eigenvalue weighted by Crippen LogP contribution is 2.41. The van der Waals surface area contributed by atoms with Crippen molar-refractivity contribution in [2.24, 2.45) is 0 Å². The fraction of sp³-hybridized carbons (Fsp3) is 0.933. The van der Waals surface area contributed by atoms with Gasteiger partial charge in [0.1, 0.15) is 12.2 Å². The third-order valence-electron chi connectivity index (χ3n) is 10.5. The number of hydrogen-bond donors (Lipinski definition) is 4. The molecule has 0 aromatic carbocycles. The Morgan fingerprint density at radius 3 is 1.08 bits per heavy atom. The van der Waals surface area contributed by atoms with E-state index >= 15 is 0 Å². The summed E-state index contributed by atoms with van der Waals surface area (Å²) >= 11 is 0. The quantitative estimate of drug-likeness (QED) is 0.282. The molecule has 2 saturated carbocycles. The molecular formula is C30H54N4O4. The summed E-state index contributed by atoms with van der Waals surface area (Å²) in [7, 11) is 0. The summed E-state index contributed by atoms with van der Waals surface area (Å²) in [6.07, 6.45) is 9.29. The second-order valence-corrected chi connectivity index (χ2v) is 14.7. The van der Waals surface area contributed by atoms with Gasteiger partial charge >= 0.3 is 11.9 Å². The SMILES string of the molecule is CC1(C)NC2(CCC(OC(=O)CCCCC(=O)OC3CCC4(CC3)NC(C)(C)C(C)(C)N4)CC2)NC1(C)C. The van der Waals surface area contributed by atoms with Gasteiger partial charge in [-0.2, -0.15) is 0 Å². The minimum atomic E-state index is -0.146. The molecule has 8 heteroatoms. The van der Waals surface area contributed by atoms with E-state index in [1.54, 1.807) is 0 Å². The summed E-state index contributed by atoms with van der Waals surface area (Å²) in [5.41, 5.74) is -0.0880. The molecule has 2 aliphatic carbocycles. The van der Waals surface area contributed by atoms with Gasteiger partial charge in [-0.3, -0.25) is 30.9 Å². The number of carbonyl (C=O) groups is 2. The van der Waals surface area contributed by atoms with Crippen LogP contribution in [0.3, 0.4) is 0 Å². The Morgan fingerprint density at radius 1 is 0.553 bits per heavy atom. The van der Waals surface area contributed by atoms with Gasteiger partial charge < -0.3 is 9.47 Å². The second kappa shape index (κ2) is 10.3. The van der Waals surface area contributed by atoms with Crippen LogP contribution in [0.2, 0.25) is 0 Å². The van der Waals surface area contributed by atoms with Crippen LogP contribution in [-0.4, -0.2) is 57.6 Å². The first-order chi connectivity index (χ1) is 17.5. The molecule has 0 amide bonds. The minimum absolute atomic E-state index is 0.00951. The van der Waals surface area contributed by atoms with E-state index in [1.165, 1.54) is 0 Å². The Kier molecular flexibility index (Phi) is 8.08. The zero-order chi connectivity index (χ0) is 28.0. The van der Waals surface area contributed by atoms with Gasteiger partial charge in [0.05, 0.1) is 11.3 Å². The second-order valence-electron chi connectivity index (χ2n) is 14.7. The molecule has 2 saturated heterocycles. The topological polar surface area (TPSA) is 101 Å². The largest absolute Gasteiger partial charge is 0.462 e. The van der Waals surface area contributed by atoms with Crippen molar-refractivity contribution in [1.82, 2.24) is 21.3 Å². The summed E-state index contributed by atoms with van der Waals surface area (Å²) in [5.74, 6) is -0.292. The van der Waals surface area contributed by atoms with Crippen LogP contribution < -0.4 is 21.3 Å². The molecular weight excluding hydrogens is 480 g/mol. The zero-order valence-electron chi connectivity index (χ0n) is 25.3. The van der Waals surface area contributed by atoms with E-state index in [-0.39, 0.29) is 57.6 Å². The van der Waals surface area contributed by atoms with Crippen LogP contribution in [0.4, 0.5) is 0 Å². The maximum atomic E-state index is 12.4. The van der Waals surface area contributed by atoms with Crippen molar-refractivity contribution in [2.75, 3.05) is 0 Å². The molecule has 4 aliphatic rings. The molecule has 0 unspecified atom stereocenters. The van der Waals surface area contributed by atoms with Crippen molar-refractivity contribution >= 4 is 11.9 Å². The maximum absolute atomic E-state index is 12.4. The number of ether oxygens (including phenoxy) is 2. The van der Waals surface area contributed by atoms with E-state index in [9.17, 15) is 9.59 Å². The molecule has 2 aliphatic heterocycles. The summed E-state index contributed by atoms with van der Waals surface area (Å²) in [5, 5.41) is 15.2. The van der Waals surface area contributed by atoms with Crippen molar-refractivity contribution in [3.63, 3.8) is 0 Å². The summed E-state index contributed by atoms with van der Waals surface area (Å²) in [6.45, 7) is 17.9. The van der Waals surface area contributed by atoms with E-state index in [0.29, 0.717) is 25.7 Å².